The molecule has 0 spiro atoms. The van der Waals surface area contributed by atoms with Gasteiger partial charge in [0.15, 0.2) is 0 Å². The fraction of sp³-hybridized carbons (Fsp3) is 0.500. The summed E-state index contributed by atoms with van der Waals surface area (Å²) >= 11 is 0. The Morgan fingerprint density at radius 3 is 2.83 bits per heavy atom. The highest BCUT2D eigenvalue weighted by atomic mass is 16.6. The lowest BCUT2D eigenvalue weighted by atomic mass is 10.2. The van der Waals surface area contributed by atoms with Gasteiger partial charge >= 0.3 is 0 Å². The predicted octanol–water partition coefficient (Wildman–Crippen LogP) is 1.23. The summed E-state index contributed by atoms with van der Waals surface area (Å²) in [5.74, 6) is 0. The molecule has 0 N–H and O–H groups in total. The first kappa shape index (κ1) is 8.77. The zero-order valence-electron chi connectivity index (χ0n) is 7.23. The Labute approximate surface area is 71.0 Å². The molecule has 4 nitrogen and oxygen atoms in total. The monoisotopic (exact) mass is 168 g/mol. The highest BCUT2D eigenvalue weighted by Crippen LogP contribution is 2.04. The molecule has 0 radical (unpaired) electrons. The van der Waals surface area contributed by atoms with Gasteiger partial charge in [0.2, 0.25) is 6.04 Å². The van der Waals surface area contributed by atoms with E-state index in [0.717, 1.165) is 5.69 Å². The summed E-state index contributed by atoms with van der Waals surface area (Å²) in [6.45, 7) is 1.62. The van der Waals surface area contributed by atoms with Crippen molar-refractivity contribution in [3.05, 3.63) is 34.1 Å². The van der Waals surface area contributed by atoms with Crippen LogP contribution in [0.5, 0.6) is 0 Å². The molecule has 66 valence electrons. The number of nitrogens with zero attached hydrogens (tertiary/aromatic N) is 2. The van der Waals surface area contributed by atoms with E-state index in [2.05, 4.69) is 0 Å². The van der Waals surface area contributed by atoms with Gasteiger partial charge in [-0.1, -0.05) is 0 Å². The fourth-order valence-corrected chi connectivity index (χ4v) is 1.09. The van der Waals surface area contributed by atoms with Crippen molar-refractivity contribution in [3.63, 3.8) is 0 Å². The highest BCUT2D eigenvalue weighted by Gasteiger charge is 2.14. The van der Waals surface area contributed by atoms with E-state index in [-0.39, 0.29) is 4.92 Å². The average Bonchev–Trinajstić information content (AvgIpc) is 2.36. The molecule has 1 unspecified atom stereocenters. The molecule has 1 rings (SSSR count). The molecule has 0 aliphatic heterocycles. The molecule has 1 aromatic heterocycles. The van der Waals surface area contributed by atoms with Crippen LogP contribution in [0.3, 0.4) is 0 Å². The standard InChI is InChI=1S/C8H12N2O2/c1-7(10(11)12)6-8-4-3-5-9(8)2/h3-5,7H,6H2,1-2H3. The molecule has 4 heteroatoms. The Kier molecular flexibility index (Phi) is 2.47. The molecule has 0 saturated heterocycles. The molecule has 1 aromatic rings. The molecule has 0 amide bonds. The van der Waals surface area contributed by atoms with Crippen molar-refractivity contribution in [2.24, 2.45) is 7.05 Å². The van der Waals surface area contributed by atoms with Gasteiger partial charge < -0.3 is 4.57 Å². The minimum Gasteiger partial charge on any atom is -0.354 e. The SMILES string of the molecule is CC(Cc1cccn1C)[N+](=O)[O-]. The smallest absolute Gasteiger partial charge is 0.215 e. The van der Waals surface area contributed by atoms with E-state index in [9.17, 15) is 10.1 Å². The van der Waals surface area contributed by atoms with Crippen LogP contribution in [0.4, 0.5) is 0 Å². The van der Waals surface area contributed by atoms with Gasteiger partial charge in [-0.25, -0.2) is 0 Å². The maximum atomic E-state index is 10.3. The first-order chi connectivity index (χ1) is 5.61. The molecule has 0 bridgehead atoms. The van der Waals surface area contributed by atoms with Gasteiger partial charge in [-0.05, 0) is 12.1 Å². The first-order valence-electron chi connectivity index (χ1n) is 3.85. The maximum absolute atomic E-state index is 10.3. The Balaban J connectivity index is 2.64. The second-order valence-corrected chi connectivity index (χ2v) is 2.95. The van der Waals surface area contributed by atoms with Crippen LogP contribution in [0, 0.1) is 10.1 Å². The largest absolute Gasteiger partial charge is 0.354 e. The fourth-order valence-electron chi connectivity index (χ4n) is 1.09. The van der Waals surface area contributed by atoms with Crippen molar-refractivity contribution >= 4 is 0 Å². The zero-order valence-corrected chi connectivity index (χ0v) is 7.23. The van der Waals surface area contributed by atoms with Crippen molar-refractivity contribution in [2.45, 2.75) is 19.4 Å². The van der Waals surface area contributed by atoms with Crippen LogP contribution in [-0.4, -0.2) is 15.5 Å². The van der Waals surface area contributed by atoms with Gasteiger partial charge in [-0.2, -0.15) is 0 Å². The molecule has 0 aliphatic rings. The van der Waals surface area contributed by atoms with Crippen LogP contribution in [0.1, 0.15) is 12.6 Å². The summed E-state index contributed by atoms with van der Waals surface area (Å²) in [6.07, 6.45) is 2.39. The lowest BCUT2D eigenvalue weighted by molar-refractivity contribution is -0.517. The van der Waals surface area contributed by atoms with Crippen LogP contribution < -0.4 is 0 Å². The van der Waals surface area contributed by atoms with Crippen LogP contribution in [0.2, 0.25) is 0 Å². The van der Waals surface area contributed by atoms with Gasteiger partial charge in [0.1, 0.15) is 0 Å². The lowest BCUT2D eigenvalue weighted by Gasteiger charge is -2.04. The molecule has 0 aromatic carbocycles. The summed E-state index contributed by atoms with van der Waals surface area (Å²) < 4.78 is 1.90. The lowest BCUT2D eigenvalue weighted by Crippen LogP contribution is -2.19. The summed E-state index contributed by atoms with van der Waals surface area (Å²) in [4.78, 5) is 10.1. The molecule has 0 saturated carbocycles. The number of hydrogen-bond donors (Lipinski definition) is 0. The first-order valence-corrected chi connectivity index (χ1v) is 3.85. The molecular weight excluding hydrogens is 156 g/mol. The van der Waals surface area contributed by atoms with E-state index in [0.29, 0.717) is 6.42 Å². The molecule has 0 fully saturated rings. The van der Waals surface area contributed by atoms with Crippen molar-refractivity contribution in [2.75, 3.05) is 0 Å². The summed E-state index contributed by atoms with van der Waals surface area (Å²) in [5, 5.41) is 10.3. The van der Waals surface area contributed by atoms with E-state index in [1.54, 1.807) is 6.92 Å². The Bertz CT molecular complexity index is 280. The van der Waals surface area contributed by atoms with E-state index >= 15 is 0 Å². The molecule has 0 aliphatic carbocycles. The summed E-state index contributed by atoms with van der Waals surface area (Å²) in [7, 11) is 1.89. The normalized spacial score (nSPS) is 12.8. The Hall–Kier alpha value is -1.32. The van der Waals surface area contributed by atoms with Crippen LogP contribution in [-0.2, 0) is 13.5 Å². The van der Waals surface area contributed by atoms with Gasteiger partial charge in [0, 0.05) is 30.8 Å². The van der Waals surface area contributed by atoms with Crippen molar-refractivity contribution < 1.29 is 4.92 Å². The third-order valence-electron chi connectivity index (χ3n) is 1.92. The number of aromatic nitrogens is 1. The minimum atomic E-state index is -0.501. The minimum absolute atomic E-state index is 0.257. The molecular formula is C8H12N2O2. The second-order valence-electron chi connectivity index (χ2n) is 2.95. The molecule has 1 heterocycles. The van der Waals surface area contributed by atoms with Crippen LogP contribution in [0.25, 0.3) is 0 Å². The number of rotatable bonds is 3. The van der Waals surface area contributed by atoms with Gasteiger partial charge in [-0.15, -0.1) is 0 Å². The number of nitro groups is 1. The highest BCUT2D eigenvalue weighted by molar-refractivity contribution is 5.07. The van der Waals surface area contributed by atoms with Crippen molar-refractivity contribution in [3.8, 4) is 0 Å². The van der Waals surface area contributed by atoms with Gasteiger partial charge in [0.05, 0.1) is 6.42 Å². The van der Waals surface area contributed by atoms with Crippen LogP contribution in [0.15, 0.2) is 18.3 Å². The third kappa shape index (κ3) is 1.84. The zero-order chi connectivity index (χ0) is 9.14. The third-order valence-corrected chi connectivity index (χ3v) is 1.92. The van der Waals surface area contributed by atoms with Crippen molar-refractivity contribution in [1.29, 1.82) is 0 Å². The number of aryl methyl sites for hydroxylation is 1. The Morgan fingerprint density at radius 1 is 1.75 bits per heavy atom. The molecule has 12 heavy (non-hydrogen) atoms. The van der Waals surface area contributed by atoms with E-state index in [1.165, 1.54) is 0 Å². The van der Waals surface area contributed by atoms with E-state index in [4.69, 9.17) is 0 Å². The molecule has 1 atom stereocenters. The average molecular weight is 168 g/mol. The van der Waals surface area contributed by atoms with Crippen LogP contribution >= 0.6 is 0 Å². The maximum Gasteiger partial charge on any atom is 0.215 e. The van der Waals surface area contributed by atoms with Crippen molar-refractivity contribution in [1.82, 2.24) is 4.57 Å². The summed E-state index contributed by atoms with van der Waals surface area (Å²) in [5.41, 5.74) is 0.999. The second kappa shape index (κ2) is 3.38. The van der Waals surface area contributed by atoms with Gasteiger partial charge in [-0.3, -0.25) is 10.1 Å². The van der Waals surface area contributed by atoms with E-state index < -0.39 is 6.04 Å². The quantitative estimate of drug-likeness (QED) is 0.503. The summed E-state index contributed by atoms with van der Waals surface area (Å²) in [6, 6.07) is 3.29. The van der Waals surface area contributed by atoms with Gasteiger partial charge in [0.25, 0.3) is 0 Å². The van der Waals surface area contributed by atoms with E-state index in [1.807, 2.05) is 29.9 Å². The predicted molar refractivity (Wildman–Crippen MR) is 45.6 cm³/mol. The number of hydrogen-bond acceptors (Lipinski definition) is 2. The Morgan fingerprint density at radius 2 is 2.42 bits per heavy atom. The topological polar surface area (TPSA) is 48.1 Å².